The topological polar surface area (TPSA) is 94.2 Å². The number of halogens is 12. The number of hydrogen-bond donors (Lipinski definition) is 1. The van der Waals surface area contributed by atoms with Crippen LogP contribution in [0.1, 0.15) is 21.5 Å². The molecule has 0 saturated carbocycles. The van der Waals surface area contributed by atoms with Crippen molar-refractivity contribution in [2.75, 3.05) is 5.32 Å². The standard InChI is InChI=1S/C24H9BrF11N3O4/c25-14-7-9(21(27,23(31,32)33)24(34,35)36)6-13(22(28,29)30)17(14)38-18(40)11-2-1-3-15(16(11)26)39-19(41)12-8-37-5-4-10(12)20(42)43-39/h1-8H,(H,38,40). The minimum Gasteiger partial charge on any atom is -0.327 e. The molecule has 0 fully saturated rings. The molecular formula is C24H9BrF11N3O4. The first-order valence-corrected chi connectivity index (χ1v) is 11.8. The molecule has 0 spiro atoms. The van der Waals surface area contributed by atoms with E-state index in [9.17, 15) is 58.3 Å². The summed E-state index contributed by atoms with van der Waals surface area (Å²) in [7, 11) is 0. The van der Waals surface area contributed by atoms with Crippen LogP contribution in [0.3, 0.4) is 0 Å². The predicted molar refractivity (Wildman–Crippen MR) is 128 cm³/mol. The number of carbonyl (C=O) groups is 1. The minimum absolute atomic E-state index is 0.124. The number of amides is 1. The van der Waals surface area contributed by atoms with Gasteiger partial charge in [0.2, 0.25) is 0 Å². The highest BCUT2D eigenvalue weighted by molar-refractivity contribution is 9.10. The first-order chi connectivity index (χ1) is 19.7. The van der Waals surface area contributed by atoms with Gasteiger partial charge < -0.3 is 9.84 Å². The zero-order valence-electron chi connectivity index (χ0n) is 20.2. The van der Waals surface area contributed by atoms with Crippen LogP contribution in [0.15, 0.2) is 67.4 Å². The fourth-order valence-electron chi connectivity index (χ4n) is 3.86. The minimum atomic E-state index is -6.76. The molecule has 2 heterocycles. The second-order valence-electron chi connectivity index (χ2n) is 8.52. The molecule has 0 aliphatic carbocycles. The summed E-state index contributed by atoms with van der Waals surface area (Å²) in [6, 6.07) is 2.45. The highest BCUT2D eigenvalue weighted by atomic mass is 79.9. The fourth-order valence-corrected chi connectivity index (χ4v) is 4.42. The van der Waals surface area contributed by atoms with Crippen molar-refractivity contribution < 1.29 is 57.6 Å². The van der Waals surface area contributed by atoms with Crippen molar-refractivity contribution in [1.29, 1.82) is 0 Å². The van der Waals surface area contributed by atoms with Crippen molar-refractivity contribution in [3.63, 3.8) is 0 Å². The number of anilines is 1. The lowest BCUT2D eigenvalue weighted by molar-refractivity contribution is -0.348. The number of nitrogens with zero attached hydrogens (tertiary/aromatic N) is 2. The molecule has 228 valence electrons. The third-order valence-corrected chi connectivity index (χ3v) is 6.51. The zero-order valence-corrected chi connectivity index (χ0v) is 21.8. The molecule has 4 aromatic rings. The van der Waals surface area contributed by atoms with Gasteiger partial charge in [-0.3, -0.25) is 14.6 Å². The van der Waals surface area contributed by atoms with Gasteiger partial charge in [-0.25, -0.2) is 13.6 Å². The van der Waals surface area contributed by atoms with Gasteiger partial charge in [-0.15, -0.1) is 4.74 Å². The van der Waals surface area contributed by atoms with E-state index in [0.717, 1.165) is 30.6 Å². The molecule has 2 aromatic carbocycles. The fraction of sp³-hybridized carbons (Fsp3) is 0.167. The zero-order chi connectivity index (χ0) is 32.3. The van der Waals surface area contributed by atoms with Gasteiger partial charge in [-0.05, 0) is 46.3 Å². The molecular weight excluding hydrogens is 683 g/mol. The third kappa shape index (κ3) is 5.36. The quantitative estimate of drug-likeness (QED) is 0.238. The number of fused-ring (bicyclic) bond motifs is 1. The smallest absolute Gasteiger partial charge is 0.327 e. The number of rotatable bonds is 4. The van der Waals surface area contributed by atoms with Crippen LogP contribution < -0.4 is 16.5 Å². The lowest BCUT2D eigenvalue weighted by Gasteiger charge is -2.31. The van der Waals surface area contributed by atoms with E-state index in [1.807, 2.05) is 0 Å². The third-order valence-electron chi connectivity index (χ3n) is 5.88. The number of alkyl halides is 10. The van der Waals surface area contributed by atoms with Crippen molar-refractivity contribution >= 4 is 38.3 Å². The number of carbonyl (C=O) groups excluding carboxylic acids is 1. The summed E-state index contributed by atoms with van der Waals surface area (Å²) in [5.41, 5.74) is -16.9. The van der Waals surface area contributed by atoms with E-state index in [1.54, 1.807) is 0 Å². The molecule has 1 N–H and O–H groups in total. The van der Waals surface area contributed by atoms with Gasteiger partial charge >= 0.3 is 29.8 Å². The molecule has 19 heteroatoms. The molecule has 0 atom stereocenters. The Morgan fingerprint density at radius 2 is 1.53 bits per heavy atom. The van der Waals surface area contributed by atoms with Gasteiger partial charge in [-0.2, -0.15) is 39.5 Å². The van der Waals surface area contributed by atoms with E-state index >= 15 is 4.39 Å². The number of aromatic nitrogens is 2. The van der Waals surface area contributed by atoms with Crippen molar-refractivity contribution in [3.05, 3.63) is 96.5 Å². The number of nitrogens with one attached hydrogen (secondary N) is 1. The second kappa shape index (κ2) is 10.5. The summed E-state index contributed by atoms with van der Waals surface area (Å²) in [6.45, 7) is 0. The van der Waals surface area contributed by atoms with E-state index < -0.39 is 85.7 Å². The van der Waals surface area contributed by atoms with Gasteiger partial charge in [0.05, 0.1) is 27.6 Å². The highest BCUT2D eigenvalue weighted by Crippen LogP contribution is 2.55. The van der Waals surface area contributed by atoms with Crippen LogP contribution in [-0.4, -0.2) is 28.0 Å². The lowest BCUT2D eigenvalue weighted by atomic mass is 9.92. The molecule has 43 heavy (non-hydrogen) atoms. The Kier molecular flexibility index (Phi) is 7.70. The molecule has 0 aliphatic heterocycles. The van der Waals surface area contributed by atoms with Gasteiger partial charge in [0.15, 0.2) is 5.82 Å². The first-order valence-electron chi connectivity index (χ1n) is 11.0. The van der Waals surface area contributed by atoms with E-state index in [-0.39, 0.29) is 21.6 Å². The van der Waals surface area contributed by atoms with Gasteiger partial charge in [0, 0.05) is 22.4 Å². The maximum atomic E-state index is 15.4. The average molecular weight is 692 g/mol. The van der Waals surface area contributed by atoms with E-state index in [2.05, 4.69) is 20.9 Å². The summed E-state index contributed by atoms with van der Waals surface area (Å²) in [4.78, 5) is 41.5. The summed E-state index contributed by atoms with van der Waals surface area (Å²) < 4.78 is 154. The molecule has 2 aromatic heterocycles. The van der Waals surface area contributed by atoms with E-state index in [4.69, 9.17) is 4.52 Å². The van der Waals surface area contributed by atoms with Crippen molar-refractivity contribution in [2.24, 2.45) is 0 Å². The predicted octanol–water partition coefficient (Wildman–Crippen LogP) is 6.80. The molecule has 0 saturated heterocycles. The first kappa shape index (κ1) is 31.6. The maximum absolute atomic E-state index is 15.4. The second-order valence-corrected chi connectivity index (χ2v) is 9.38. The lowest BCUT2D eigenvalue weighted by Crippen LogP contribution is -2.50. The Hall–Kier alpha value is -4.29. The van der Waals surface area contributed by atoms with Crippen molar-refractivity contribution in [2.45, 2.75) is 24.2 Å². The SMILES string of the molecule is O=C(Nc1c(Br)cc(C(F)(C(F)(F)F)C(F)(F)F)cc1C(F)(F)F)c1cccc(-n2oc(=O)c3ccncc3c2=O)c1F. The molecule has 4 rings (SSSR count). The number of benzene rings is 2. The molecule has 0 aliphatic rings. The van der Waals surface area contributed by atoms with Crippen molar-refractivity contribution in [1.82, 2.24) is 9.72 Å². The van der Waals surface area contributed by atoms with Gasteiger partial charge in [-0.1, -0.05) is 6.07 Å². The summed E-state index contributed by atoms with van der Waals surface area (Å²) in [5.74, 6) is -3.40. The van der Waals surface area contributed by atoms with Gasteiger partial charge in [0.25, 0.3) is 11.5 Å². The maximum Gasteiger partial charge on any atom is 0.435 e. The monoisotopic (exact) mass is 691 g/mol. The van der Waals surface area contributed by atoms with Crippen molar-refractivity contribution in [3.8, 4) is 5.69 Å². The normalized spacial score (nSPS) is 12.9. The molecule has 0 bridgehead atoms. The Morgan fingerprint density at radius 3 is 2.12 bits per heavy atom. The van der Waals surface area contributed by atoms with Gasteiger partial charge in [0.1, 0.15) is 5.69 Å². The Morgan fingerprint density at radius 1 is 0.907 bits per heavy atom. The van der Waals surface area contributed by atoms with Crippen LogP contribution in [0.5, 0.6) is 0 Å². The van der Waals surface area contributed by atoms with Crippen LogP contribution in [-0.2, 0) is 11.8 Å². The number of pyridine rings is 1. The summed E-state index contributed by atoms with van der Waals surface area (Å²) >= 11 is 2.32. The van der Waals surface area contributed by atoms with Crippen LogP contribution in [0.25, 0.3) is 16.5 Å². The largest absolute Gasteiger partial charge is 0.435 e. The Bertz CT molecular complexity index is 1860. The van der Waals surface area contributed by atoms with Crippen LogP contribution in [0.4, 0.5) is 54.0 Å². The highest BCUT2D eigenvalue weighted by Gasteiger charge is 2.73. The average Bonchev–Trinajstić information content (AvgIpc) is 2.89. The molecule has 7 nitrogen and oxygen atoms in total. The molecule has 0 radical (unpaired) electrons. The summed E-state index contributed by atoms with van der Waals surface area (Å²) in [6.07, 6.45) is -17.2. The molecule has 1 amide bonds. The molecule has 0 unspecified atom stereocenters. The van der Waals surface area contributed by atoms with E-state index in [1.165, 1.54) is 5.32 Å². The van der Waals surface area contributed by atoms with Crippen LogP contribution in [0.2, 0.25) is 0 Å². The summed E-state index contributed by atoms with van der Waals surface area (Å²) in [5, 5.41) is 0.929. The number of hydrogen-bond acceptors (Lipinski definition) is 5. The van der Waals surface area contributed by atoms with E-state index in [0.29, 0.717) is 6.07 Å². The van der Waals surface area contributed by atoms with Crippen LogP contribution in [0, 0.1) is 5.82 Å². The Balaban J connectivity index is 1.84. The van der Waals surface area contributed by atoms with Crippen LogP contribution >= 0.6 is 15.9 Å². The Labute approximate surface area is 237 Å².